The van der Waals surface area contributed by atoms with E-state index in [0.29, 0.717) is 5.56 Å². The van der Waals surface area contributed by atoms with Crippen LogP contribution in [0.4, 0.5) is 0 Å². The molecule has 212 valence electrons. The van der Waals surface area contributed by atoms with Gasteiger partial charge < -0.3 is 20.3 Å². The second kappa shape index (κ2) is 13.1. The van der Waals surface area contributed by atoms with Crippen LogP contribution in [0.5, 0.6) is 0 Å². The third-order valence-corrected chi connectivity index (χ3v) is 9.07. The first-order valence-electron chi connectivity index (χ1n) is 13.6. The Kier molecular flexibility index (Phi) is 10.3. The molecule has 2 aromatic carbocycles. The monoisotopic (exact) mass is 557 g/mol. The number of sulfonamides is 1. The normalized spacial score (nSPS) is 19.3. The molecule has 39 heavy (non-hydrogen) atoms. The van der Waals surface area contributed by atoms with E-state index in [1.807, 2.05) is 0 Å². The van der Waals surface area contributed by atoms with Crippen molar-refractivity contribution in [2.24, 2.45) is 5.92 Å². The molecule has 0 aliphatic carbocycles. The van der Waals surface area contributed by atoms with E-state index in [9.17, 15) is 28.1 Å². The van der Waals surface area contributed by atoms with Gasteiger partial charge in [-0.05, 0) is 54.9 Å². The Hall–Kier alpha value is -2.73. The van der Waals surface area contributed by atoms with Gasteiger partial charge in [-0.1, -0.05) is 76.6 Å². The summed E-state index contributed by atoms with van der Waals surface area (Å²) in [4.78, 5) is 29.0. The molecule has 1 aliphatic heterocycles. The number of carbonyl (C=O) groups excluding carboxylic acids is 2. The maximum absolute atomic E-state index is 14.1. The lowest BCUT2D eigenvalue weighted by atomic mass is 9.77. The van der Waals surface area contributed by atoms with E-state index < -0.39 is 52.4 Å². The summed E-state index contributed by atoms with van der Waals surface area (Å²) in [7, 11) is -5.81. The number of unbranched alkanes of at least 4 members (excludes halogenated alkanes) is 1. The summed E-state index contributed by atoms with van der Waals surface area (Å²) in [5.41, 5.74) is 0.136. The zero-order valence-corrected chi connectivity index (χ0v) is 23.9. The fourth-order valence-corrected chi connectivity index (χ4v) is 6.55. The number of hydrogen-bond acceptors (Lipinski definition) is 6. The second-order valence-electron chi connectivity index (χ2n) is 10.5. The Labute approximate surface area is 232 Å². The highest BCUT2D eigenvalue weighted by Crippen LogP contribution is 2.37. The molecule has 1 fully saturated rings. The van der Waals surface area contributed by atoms with Gasteiger partial charge in [0, 0.05) is 6.54 Å². The van der Waals surface area contributed by atoms with Gasteiger partial charge in [-0.25, -0.2) is 8.42 Å². The smallest absolute Gasteiger partial charge is 0.426 e. The van der Waals surface area contributed by atoms with Gasteiger partial charge in [0.1, 0.15) is 11.6 Å². The first kappa shape index (κ1) is 30.8. The molecule has 2 amide bonds. The Morgan fingerprint density at radius 1 is 1.08 bits per heavy atom. The van der Waals surface area contributed by atoms with Crippen LogP contribution >= 0.6 is 0 Å². The summed E-state index contributed by atoms with van der Waals surface area (Å²) in [6, 6.07) is 14.4. The summed E-state index contributed by atoms with van der Waals surface area (Å²) in [6.45, 7) is 7.51. The third-order valence-electron chi connectivity index (χ3n) is 7.55. The topological polar surface area (TPSA) is 136 Å². The fourth-order valence-electron chi connectivity index (χ4n) is 5.03. The number of aryl methyl sites for hydroxylation is 1. The molecule has 0 aromatic heterocycles. The fraction of sp³-hybridized carbons (Fsp3) is 0.500. The summed E-state index contributed by atoms with van der Waals surface area (Å²) in [5, 5.41) is 22.0. The Bertz CT molecular complexity index is 1220. The molecular formula is C28H40BN3O6S. The summed E-state index contributed by atoms with van der Waals surface area (Å²) in [5.74, 6) is -2.40. The van der Waals surface area contributed by atoms with Crippen LogP contribution in [-0.2, 0) is 26.0 Å². The van der Waals surface area contributed by atoms with E-state index in [1.54, 1.807) is 75.4 Å². The maximum Gasteiger partial charge on any atom is 0.475 e. The molecule has 0 spiro atoms. The summed E-state index contributed by atoms with van der Waals surface area (Å²) < 4.78 is 29.7. The summed E-state index contributed by atoms with van der Waals surface area (Å²) >= 11 is 0. The molecule has 1 heterocycles. The lowest BCUT2D eigenvalue weighted by Gasteiger charge is -2.35. The van der Waals surface area contributed by atoms with Crippen molar-refractivity contribution in [1.82, 2.24) is 14.9 Å². The van der Waals surface area contributed by atoms with Crippen molar-refractivity contribution in [3.05, 3.63) is 65.7 Å². The zero-order chi connectivity index (χ0) is 28.8. The van der Waals surface area contributed by atoms with Gasteiger partial charge in [-0.15, -0.1) is 0 Å². The van der Waals surface area contributed by atoms with Crippen molar-refractivity contribution in [1.29, 1.82) is 0 Å². The van der Waals surface area contributed by atoms with Gasteiger partial charge in [0.15, 0.2) is 0 Å². The largest absolute Gasteiger partial charge is 0.475 e. The molecule has 2 unspecified atom stereocenters. The minimum absolute atomic E-state index is 0.0779. The lowest BCUT2D eigenvalue weighted by Crippen LogP contribution is -2.58. The molecule has 4 N–H and O–H groups in total. The lowest BCUT2D eigenvalue weighted by molar-refractivity contribution is -0.141. The Morgan fingerprint density at radius 2 is 1.72 bits per heavy atom. The van der Waals surface area contributed by atoms with Crippen LogP contribution in [0, 0.1) is 5.92 Å². The maximum atomic E-state index is 14.1. The average Bonchev–Trinajstić information content (AvgIpc) is 3.22. The van der Waals surface area contributed by atoms with Crippen LogP contribution in [-0.4, -0.2) is 60.3 Å². The van der Waals surface area contributed by atoms with Crippen molar-refractivity contribution in [3.63, 3.8) is 0 Å². The van der Waals surface area contributed by atoms with Crippen LogP contribution in [0.25, 0.3) is 0 Å². The van der Waals surface area contributed by atoms with E-state index in [4.69, 9.17) is 0 Å². The highest BCUT2D eigenvalue weighted by molar-refractivity contribution is 7.89. The van der Waals surface area contributed by atoms with Crippen molar-refractivity contribution < 1.29 is 28.1 Å². The predicted octanol–water partition coefficient (Wildman–Crippen LogP) is 2.58. The molecular weight excluding hydrogens is 517 g/mol. The van der Waals surface area contributed by atoms with E-state index >= 15 is 0 Å². The van der Waals surface area contributed by atoms with Gasteiger partial charge in [0.25, 0.3) is 0 Å². The van der Waals surface area contributed by atoms with Crippen molar-refractivity contribution >= 4 is 29.0 Å². The third kappa shape index (κ3) is 6.89. The van der Waals surface area contributed by atoms with Gasteiger partial charge in [0.05, 0.1) is 10.8 Å². The number of carbonyl (C=O) groups is 2. The minimum atomic E-state index is -4.05. The number of rotatable bonds is 13. The van der Waals surface area contributed by atoms with Crippen molar-refractivity contribution in [2.75, 3.05) is 6.54 Å². The predicted molar refractivity (Wildman–Crippen MR) is 151 cm³/mol. The number of amides is 2. The highest BCUT2D eigenvalue weighted by Gasteiger charge is 2.54. The van der Waals surface area contributed by atoms with E-state index in [-0.39, 0.29) is 24.3 Å². The molecule has 1 saturated heterocycles. The van der Waals surface area contributed by atoms with E-state index in [2.05, 4.69) is 17.0 Å². The first-order valence-corrected chi connectivity index (χ1v) is 15.1. The Balaban J connectivity index is 1.93. The van der Waals surface area contributed by atoms with Crippen molar-refractivity contribution in [2.45, 2.75) is 82.2 Å². The number of nitrogens with zero attached hydrogens (tertiary/aromatic N) is 1. The first-order chi connectivity index (χ1) is 18.5. The zero-order valence-electron chi connectivity index (χ0n) is 23.1. The van der Waals surface area contributed by atoms with Crippen LogP contribution in [0.1, 0.15) is 70.5 Å². The molecule has 1 aliphatic rings. The molecule has 2 aromatic rings. The molecule has 11 heteroatoms. The molecule has 3 rings (SSSR count). The van der Waals surface area contributed by atoms with Gasteiger partial charge >= 0.3 is 7.12 Å². The van der Waals surface area contributed by atoms with Crippen LogP contribution in [0.2, 0.25) is 0 Å². The minimum Gasteiger partial charge on any atom is -0.426 e. The standard InChI is InChI=1S/C28H40BN3O6S/c1-5-7-11-21-14-16-23(17-15-21)39(37,38)31-28(20(3)4)18-19-32(27(28)34)25(22-12-9-8-10-13-22)26(33)30-24(6-2)29(35)36/h8-10,12-17,20,24-25,31,35-36H,5-7,11,18-19H2,1-4H3,(H,30,33)/t24?,25-,28?/m0/s1. The van der Waals surface area contributed by atoms with Gasteiger partial charge in [-0.3, -0.25) is 9.59 Å². The average molecular weight is 558 g/mol. The van der Waals surface area contributed by atoms with Gasteiger partial charge in [-0.2, -0.15) is 4.72 Å². The molecule has 0 radical (unpaired) electrons. The van der Waals surface area contributed by atoms with Gasteiger partial charge in [0.2, 0.25) is 21.8 Å². The van der Waals surface area contributed by atoms with Crippen LogP contribution < -0.4 is 10.0 Å². The molecule has 3 atom stereocenters. The number of likely N-dealkylation sites (tertiary alicyclic amines) is 1. The quantitative estimate of drug-likeness (QED) is 0.280. The summed E-state index contributed by atoms with van der Waals surface area (Å²) in [6.07, 6.45) is 3.36. The number of benzene rings is 2. The van der Waals surface area contributed by atoms with E-state index in [1.165, 1.54) is 4.90 Å². The van der Waals surface area contributed by atoms with Crippen LogP contribution in [0.3, 0.4) is 0 Å². The van der Waals surface area contributed by atoms with Crippen molar-refractivity contribution in [3.8, 4) is 0 Å². The SMILES string of the molecule is CCCCc1ccc(S(=O)(=O)NC2(C(C)C)CCN([C@H](C(=O)NC(CC)B(O)O)c3ccccc3)C2=O)cc1. The van der Waals surface area contributed by atoms with Crippen LogP contribution in [0.15, 0.2) is 59.5 Å². The Morgan fingerprint density at radius 3 is 2.26 bits per heavy atom. The molecule has 0 bridgehead atoms. The second-order valence-corrected chi connectivity index (χ2v) is 12.2. The number of nitrogens with one attached hydrogen (secondary N) is 2. The molecule has 9 nitrogen and oxygen atoms in total. The van der Waals surface area contributed by atoms with E-state index in [0.717, 1.165) is 24.8 Å². The molecule has 0 saturated carbocycles. The highest BCUT2D eigenvalue weighted by atomic mass is 32.2. The number of hydrogen-bond donors (Lipinski definition) is 4.